The summed E-state index contributed by atoms with van der Waals surface area (Å²) in [5.74, 6) is -0.0287. The SMILES string of the molecule is CC(C)(C)C(N)C(=O)N1CCC[C@@H]1CO. The maximum Gasteiger partial charge on any atom is 0.240 e. The fourth-order valence-corrected chi connectivity index (χ4v) is 1.86. The first-order valence-electron chi connectivity index (χ1n) is 5.55. The zero-order chi connectivity index (χ0) is 11.6. The van der Waals surface area contributed by atoms with Crippen LogP contribution < -0.4 is 5.73 Å². The highest BCUT2D eigenvalue weighted by molar-refractivity contribution is 5.83. The van der Waals surface area contributed by atoms with Gasteiger partial charge >= 0.3 is 0 Å². The zero-order valence-electron chi connectivity index (χ0n) is 9.86. The third-order valence-electron chi connectivity index (χ3n) is 3.07. The molecule has 15 heavy (non-hydrogen) atoms. The molecule has 3 N–H and O–H groups in total. The molecule has 88 valence electrons. The molecule has 2 atom stereocenters. The van der Waals surface area contributed by atoms with Crippen molar-refractivity contribution in [1.29, 1.82) is 0 Å². The molecule has 0 bridgehead atoms. The maximum absolute atomic E-state index is 12.1. The molecule has 4 nitrogen and oxygen atoms in total. The molecule has 0 spiro atoms. The molecule has 1 heterocycles. The Morgan fingerprint density at radius 2 is 2.20 bits per heavy atom. The highest BCUT2D eigenvalue weighted by atomic mass is 16.3. The summed E-state index contributed by atoms with van der Waals surface area (Å²) in [7, 11) is 0. The van der Waals surface area contributed by atoms with Crippen molar-refractivity contribution in [3.8, 4) is 0 Å². The lowest BCUT2D eigenvalue weighted by molar-refractivity contribution is -0.136. The molecule has 0 saturated carbocycles. The number of aliphatic hydroxyl groups excluding tert-OH is 1. The van der Waals surface area contributed by atoms with Crippen molar-refractivity contribution in [3.05, 3.63) is 0 Å². The highest BCUT2D eigenvalue weighted by Gasteiger charge is 2.35. The van der Waals surface area contributed by atoms with Gasteiger partial charge in [-0.1, -0.05) is 20.8 Å². The van der Waals surface area contributed by atoms with Crippen molar-refractivity contribution in [2.24, 2.45) is 11.1 Å². The minimum absolute atomic E-state index is 0.0223. The largest absolute Gasteiger partial charge is 0.394 e. The Balaban J connectivity index is 2.68. The molecule has 0 aromatic rings. The van der Waals surface area contributed by atoms with E-state index < -0.39 is 6.04 Å². The second-order valence-electron chi connectivity index (χ2n) is 5.35. The van der Waals surface area contributed by atoms with Gasteiger partial charge in [-0.25, -0.2) is 0 Å². The number of aliphatic hydroxyl groups is 1. The predicted molar refractivity (Wildman–Crippen MR) is 59.3 cm³/mol. The first-order valence-corrected chi connectivity index (χ1v) is 5.55. The summed E-state index contributed by atoms with van der Waals surface area (Å²) in [6, 6.07) is -0.504. The number of carbonyl (C=O) groups is 1. The molecule has 1 aliphatic heterocycles. The van der Waals surface area contributed by atoms with Gasteiger partial charge in [0.25, 0.3) is 0 Å². The van der Waals surface area contributed by atoms with E-state index in [2.05, 4.69) is 0 Å². The van der Waals surface area contributed by atoms with Gasteiger partial charge in [-0.05, 0) is 18.3 Å². The Kier molecular flexibility index (Phi) is 3.73. The third kappa shape index (κ3) is 2.69. The molecule has 0 aromatic carbocycles. The van der Waals surface area contributed by atoms with Crippen LogP contribution in [-0.2, 0) is 4.79 Å². The van der Waals surface area contributed by atoms with E-state index in [1.807, 2.05) is 20.8 Å². The molecule has 0 aliphatic carbocycles. The lowest BCUT2D eigenvalue weighted by Gasteiger charge is -2.32. The normalized spacial score (nSPS) is 24.3. The maximum atomic E-state index is 12.1. The Bertz CT molecular complexity index is 235. The first-order chi connectivity index (χ1) is 6.88. The number of likely N-dealkylation sites (tertiary alicyclic amines) is 1. The van der Waals surface area contributed by atoms with E-state index in [-0.39, 0.29) is 24.0 Å². The minimum atomic E-state index is -0.482. The Hall–Kier alpha value is -0.610. The molecular weight excluding hydrogens is 192 g/mol. The number of amides is 1. The second kappa shape index (κ2) is 4.49. The van der Waals surface area contributed by atoms with Crippen LogP contribution in [0.25, 0.3) is 0 Å². The highest BCUT2D eigenvalue weighted by Crippen LogP contribution is 2.23. The van der Waals surface area contributed by atoms with E-state index >= 15 is 0 Å². The van der Waals surface area contributed by atoms with E-state index in [1.165, 1.54) is 0 Å². The summed E-state index contributed by atoms with van der Waals surface area (Å²) in [6.45, 7) is 6.65. The van der Waals surface area contributed by atoms with E-state index in [0.717, 1.165) is 19.4 Å². The van der Waals surface area contributed by atoms with E-state index in [0.29, 0.717) is 0 Å². The van der Waals surface area contributed by atoms with Crippen LogP contribution in [0.1, 0.15) is 33.6 Å². The Labute approximate surface area is 91.4 Å². The molecule has 1 unspecified atom stereocenters. The molecule has 1 rings (SSSR count). The van der Waals surface area contributed by atoms with Crippen LogP contribution in [0.15, 0.2) is 0 Å². The van der Waals surface area contributed by atoms with Gasteiger partial charge in [0.15, 0.2) is 0 Å². The molecule has 4 heteroatoms. The number of nitrogens with zero attached hydrogens (tertiary/aromatic N) is 1. The fraction of sp³-hybridized carbons (Fsp3) is 0.909. The number of carbonyl (C=O) groups excluding carboxylic acids is 1. The summed E-state index contributed by atoms with van der Waals surface area (Å²) in [6.07, 6.45) is 1.85. The van der Waals surface area contributed by atoms with E-state index in [9.17, 15) is 4.79 Å². The average Bonchev–Trinajstić information content (AvgIpc) is 2.61. The molecule has 0 radical (unpaired) electrons. The van der Waals surface area contributed by atoms with Gasteiger partial charge in [0, 0.05) is 6.54 Å². The van der Waals surface area contributed by atoms with Crippen LogP contribution in [-0.4, -0.2) is 41.1 Å². The van der Waals surface area contributed by atoms with Crippen molar-refractivity contribution < 1.29 is 9.90 Å². The summed E-state index contributed by atoms with van der Waals surface area (Å²) >= 11 is 0. The van der Waals surface area contributed by atoms with Gasteiger partial charge in [0.2, 0.25) is 5.91 Å². The summed E-state index contributed by atoms with van der Waals surface area (Å²) in [5.41, 5.74) is 5.70. The topological polar surface area (TPSA) is 66.6 Å². The van der Waals surface area contributed by atoms with Gasteiger partial charge in [-0.2, -0.15) is 0 Å². The van der Waals surface area contributed by atoms with Crippen molar-refractivity contribution in [2.75, 3.05) is 13.2 Å². The van der Waals surface area contributed by atoms with Crippen LogP contribution >= 0.6 is 0 Å². The van der Waals surface area contributed by atoms with Crippen LogP contribution in [0.4, 0.5) is 0 Å². The summed E-state index contributed by atoms with van der Waals surface area (Å²) in [4.78, 5) is 13.8. The second-order valence-corrected chi connectivity index (χ2v) is 5.35. The monoisotopic (exact) mass is 214 g/mol. The van der Waals surface area contributed by atoms with Gasteiger partial charge < -0.3 is 15.7 Å². The summed E-state index contributed by atoms with van der Waals surface area (Å²) in [5, 5.41) is 9.14. The lowest BCUT2D eigenvalue weighted by atomic mass is 9.86. The zero-order valence-corrected chi connectivity index (χ0v) is 9.86. The molecule has 1 saturated heterocycles. The van der Waals surface area contributed by atoms with Gasteiger partial charge in [-0.3, -0.25) is 4.79 Å². The van der Waals surface area contributed by atoms with Gasteiger partial charge in [0.1, 0.15) is 0 Å². The number of hydrogen-bond acceptors (Lipinski definition) is 3. The number of hydrogen-bond donors (Lipinski definition) is 2. The van der Waals surface area contributed by atoms with Crippen LogP contribution in [0.3, 0.4) is 0 Å². The average molecular weight is 214 g/mol. The first kappa shape index (κ1) is 12.5. The van der Waals surface area contributed by atoms with Crippen LogP contribution in [0, 0.1) is 5.41 Å². The molecular formula is C11H22N2O2. The van der Waals surface area contributed by atoms with Gasteiger partial charge in [-0.15, -0.1) is 0 Å². The quantitative estimate of drug-likeness (QED) is 0.696. The Morgan fingerprint density at radius 3 is 2.67 bits per heavy atom. The van der Waals surface area contributed by atoms with E-state index in [1.54, 1.807) is 4.90 Å². The number of nitrogens with two attached hydrogens (primary N) is 1. The lowest BCUT2D eigenvalue weighted by Crippen LogP contribution is -2.52. The predicted octanol–water partition coefficient (Wildman–Crippen LogP) is 0.343. The van der Waals surface area contributed by atoms with Crippen molar-refractivity contribution in [3.63, 3.8) is 0 Å². The molecule has 1 fully saturated rings. The van der Waals surface area contributed by atoms with Crippen LogP contribution in [0.2, 0.25) is 0 Å². The fourth-order valence-electron chi connectivity index (χ4n) is 1.86. The van der Waals surface area contributed by atoms with Crippen molar-refractivity contribution in [1.82, 2.24) is 4.90 Å². The van der Waals surface area contributed by atoms with E-state index in [4.69, 9.17) is 10.8 Å². The minimum Gasteiger partial charge on any atom is -0.394 e. The number of rotatable bonds is 2. The smallest absolute Gasteiger partial charge is 0.240 e. The third-order valence-corrected chi connectivity index (χ3v) is 3.07. The molecule has 1 amide bonds. The van der Waals surface area contributed by atoms with Crippen molar-refractivity contribution in [2.45, 2.75) is 45.7 Å². The van der Waals surface area contributed by atoms with Crippen LogP contribution in [0.5, 0.6) is 0 Å². The standard InChI is InChI=1S/C11H22N2O2/c1-11(2,3)9(12)10(15)13-6-4-5-8(13)7-14/h8-9,14H,4-7,12H2,1-3H3/t8-,9?/m1/s1. The molecule has 0 aromatic heterocycles. The van der Waals surface area contributed by atoms with Crippen molar-refractivity contribution >= 4 is 5.91 Å². The van der Waals surface area contributed by atoms with Gasteiger partial charge in [0.05, 0.1) is 18.7 Å². The Morgan fingerprint density at radius 1 is 1.60 bits per heavy atom. The molecule has 1 aliphatic rings. The summed E-state index contributed by atoms with van der Waals surface area (Å²) < 4.78 is 0.